The van der Waals surface area contributed by atoms with Crippen LogP contribution in [0, 0.1) is 0 Å². The first-order valence-electron chi connectivity index (χ1n) is 21.3. The van der Waals surface area contributed by atoms with E-state index in [1.165, 1.54) is 25.7 Å². The number of fused-ring (bicyclic) bond motifs is 9. The van der Waals surface area contributed by atoms with E-state index in [9.17, 15) is 0 Å². The average molecular weight is 872 g/mol. The topological polar surface area (TPSA) is 74.3 Å². The molecule has 0 saturated heterocycles. The van der Waals surface area contributed by atoms with Gasteiger partial charge in [-0.3, -0.25) is 24.1 Å². The van der Waals surface area contributed by atoms with Crippen molar-refractivity contribution in [3.05, 3.63) is 201 Å². The van der Waals surface area contributed by atoms with Gasteiger partial charge in [-0.05, 0) is 131 Å². The lowest BCUT2D eigenvalue weighted by Crippen LogP contribution is -1.96. The van der Waals surface area contributed by atoms with Crippen LogP contribution in [0.1, 0.15) is 0 Å². The Labute approximate surface area is 383 Å². The Morgan fingerprint density at radius 1 is 0.385 bits per heavy atom. The molecule has 0 fully saturated rings. The summed E-state index contributed by atoms with van der Waals surface area (Å²) < 4.78 is 6.94. The summed E-state index contributed by atoms with van der Waals surface area (Å²) in [5.74, 6) is 1.75. The molecule has 13 rings (SSSR count). The second-order valence-corrected chi connectivity index (χ2v) is 16.8. The molecule has 9 heteroatoms. The number of hydrogen-bond acceptors (Lipinski definition) is 7. The van der Waals surface area contributed by atoms with Crippen LogP contribution in [0.25, 0.3) is 120 Å². The number of pyridine rings is 5. The van der Waals surface area contributed by atoms with Gasteiger partial charge in [0, 0.05) is 96.2 Å². The minimum absolute atomic E-state index is 0.875. The molecule has 0 aliphatic carbocycles. The van der Waals surface area contributed by atoms with Crippen molar-refractivity contribution in [2.45, 2.75) is 0 Å². The van der Waals surface area contributed by atoms with E-state index < -0.39 is 0 Å². The van der Waals surface area contributed by atoms with Gasteiger partial charge in [0.15, 0.2) is 0 Å². The SMILES string of the molecule is CS.c1ccc(-c2ccccc2-c2ccc3sc4c(-c5ccc6c(c5)c5cnccc5n6-c5ccccn5)cc(-c5ccc6c(c5)c5cnccc5n6-c5ccccn5)cc4c3c2)nc1. The highest BCUT2D eigenvalue weighted by Gasteiger charge is 2.20. The first kappa shape index (κ1) is 38.7. The predicted molar refractivity (Wildman–Crippen MR) is 274 cm³/mol. The zero-order valence-electron chi connectivity index (χ0n) is 35.0. The van der Waals surface area contributed by atoms with E-state index in [2.05, 4.69) is 153 Å². The van der Waals surface area contributed by atoms with E-state index in [-0.39, 0.29) is 0 Å². The molecule has 0 radical (unpaired) electrons. The first-order valence-corrected chi connectivity index (χ1v) is 23.0. The van der Waals surface area contributed by atoms with E-state index in [4.69, 9.17) is 15.0 Å². The fraction of sp³-hybridized carbons (Fsp3) is 0.0179. The van der Waals surface area contributed by atoms with Crippen LogP contribution in [0.2, 0.25) is 0 Å². The summed E-state index contributed by atoms with van der Waals surface area (Å²) in [6.07, 6.45) is 14.9. The molecule has 0 atom stereocenters. The van der Waals surface area contributed by atoms with E-state index >= 15 is 0 Å². The second-order valence-electron chi connectivity index (χ2n) is 15.8. The molecule has 0 N–H and O–H groups in total. The van der Waals surface area contributed by atoms with Crippen LogP contribution in [0.3, 0.4) is 0 Å². The third kappa shape index (κ3) is 6.38. The van der Waals surface area contributed by atoms with Crippen LogP contribution in [0.4, 0.5) is 0 Å². The van der Waals surface area contributed by atoms with Gasteiger partial charge in [-0.2, -0.15) is 12.6 Å². The fourth-order valence-electron chi connectivity index (χ4n) is 9.45. The standard InChI is InChI=1S/C55H33N7S.CH4S/c1-2-10-39(47-11-3-6-22-58-47)38(9-1)35-16-19-52-43(29-35)44-31-37(34-14-17-48-41(27-34)45-32-56-25-20-50(45)61(48)53-12-4-7-23-59-53)30-40(55(44)63-52)36-15-18-49-42(28-36)46-33-57-26-21-51(46)62(49)54-13-5-8-24-60-54;1-2/h1-33H;2H,1H3. The average Bonchev–Trinajstić information content (AvgIpc) is 4.04. The molecule has 7 nitrogen and oxygen atoms in total. The second kappa shape index (κ2) is 16.0. The summed E-state index contributed by atoms with van der Waals surface area (Å²) in [7, 11) is 0. The van der Waals surface area contributed by atoms with Crippen LogP contribution in [0.15, 0.2) is 201 Å². The monoisotopic (exact) mass is 871 g/mol. The maximum absolute atomic E-state index is 4.75. The summed E-state index contributed by atoms with van der Waals surface area (Å²) in [6, 6.07) is 56.2. The Balaban J connectivity index is 0.00000219. The highest BCUT2D eigenvalue weighted by molar-refractivity contribution is 7.79. The first-order chi connectivity index (χ1) is 32.2. The molecule has 8 heterocycles. The van der Waals surface area contributed by atoms with Gasteiger partial charge in [-0.25, -0.2) is 9.97 Å². The van der Waals surface area contributed by atoms with Crippen molar-refractivity contribution in [2.24, 2.45) is 0 Å². The highest BCUT2D eigenvalue weighted by Crippen LogP contribution is 2.46. The van der Waals surface area contributed by atoms with Crippen molar-refractivity contribution < 1.29 is 0 Å². The van der Waals surface area contributed by atoms with Crippen LogP contribution in [0.5, 0.6) is 0 Å². The van der Waals surface area contributed by atoms with Crippen LogP contribution in [-0.2, 0) is 0 Å². The highest BCUT2D eigenvalue weighted by atomic mass is 32.1. The van der Waals surface area contributed by atoms with Crippen LogP contribution in [-0.4, -0.2) is 40.3 Å². The summed E-state index contributed by atoms with van der Waals surface area (Å²) in [5.41, 5.74) is 13.3. The van der Waals surface area contributed by atoms with Crippen molar-refractivity contribution in [3.8, 4) is 56.3 Å². The van der Waals surface area contributed by atoms with E-state index in [1.54, 1.807) is 6.26 Å². The zero-order valence-corrected chi connectivity index (χ0v) is 36.7. The molecule has 8 aromatic heterocycles. The van der Waals surface area contributed by atoms with Gasteiger partial charge in [0.2, 0.25) is 0 Å². The Kier molecular flexibility index (Phi) is 9.51. The number of thiol groups is 1. The molecule has 0 amide bonds. The molecular weight excluding hydrogens is 835 g/mol. The third-order valence-electron chi connectivity index (χ3n) is 12.3. The summed E-state index contributed by atoms with van der Waals surface area (Å²) >= 11 is 5.38. The quantitative estimate of drug-likeness (QED) is 0.169. The minimum Gasteiger partial charge on any atom is -0.294 e. The molecule has 5 aromatic carbocycles. The van der Waals surface area contributed by atoms with E-state index in [1.807, 2.05) is 91.1 Å². The van der Waals surface area contributed by atoms with Gasteiger partial charge in [0.05, 0.1) is 27.8 Å². The van der Waals surface area contributed by atoms with Crippen LogP contribution >= 0.6 is 24.0 Å². The Hall–Kier alpha value is -7.98. The molecular formula is C56H37N7S2. The van der Waals surface area contributed by atoms with Crippen molar-refractivity contribution >= 4 is 87.7 Å². The van der Waals surface area contributed by atoms with Gasteiger partial charge in [0.25, 0.3) is 0 Å². The number of aromatic nitrogens is 7. The third-order valence-corrected chi connectivity index (χ3v) is 13.5. The van der Waals surface area contributed by atoms with Crippen molar-refractivity contribution in [1.82, 2.24) is 34.1 Å². The smallest absolute Gasteiger partial charge is 0.137 e. The number of nitrogens with zero attached hydrogens (tertiary/aromatic N) is 7. The molecule has 0 aliphatic heterocycles. The molecule has 0 saturated carbocycles. The minimum atomic E-state index is 0.875. The number of benzene rings is 5. The van der Waals surface area contributed by atoms with Gasteiger partial charge >= 0.3 is 0 Å². The lowest BCUT2D eigenvalue weighted by molar-refractivity contribution is 1.08. The van der Waals surface area contributed by atoms with Crippen molar-refractivity contribution in [1.29, 1.82) is 0 Å². The zero-order chi connectivity index (χ0) is 43.4. The Morgan fingerprint density at radius 2 is 0.908 bits per heavy atom. The Bertz CT molecular complexity index is 3920. The van der Waals surface area contributed by atoms with Crippen LogP contribution < -0.4 is 0 Å². The molecule has 0 unspecified atom stereocenters. The molecule has 308 valence electrons. The molecule has 0 spiro atoms. The van der Waals surface area contributed by atoms with Gasteiger partial charge in [0.1, 0.15) is 11.6 Å². The lowest BCUT2D eigenvalue weighted by atomic mass is 9.93. The molecule has 13 aromatic rings. The predicted octanol–water partition coefficient (Wildman–Crippen LogP) is 14.4. The summed E-state index contributed by atoms with van der Waals surface area (Å²) in [4.78, 5) is 23.4. The number of hydrogen-bond donors (Lipinski definition) is 1. The lowest BCUT2D eigenvalue weighted by Gasteiger charge is -2.12. The van der Waals surface area contributed by atoms with Gasteiger partial charge in [-0.15, -0.1) is 11.3 Å². The molecule has 0 aliphatic rings. The van der Waals surface area contributed by atoms with Gasteiger partial charge in [-0.1, -0.05) is 60.7 Å². The largest absolute Gasteiger partial charge is 0.294 e. The van der Waals surface area contributed by atoms with E-state index in [0.29, 0.717) is 0 Å². The molecule has 65 heavy (non-hydrogen) atoms. The van der Waals surface area contributed by atoms with Crippen molar-refractivity contribution in [2.75, 3.05) is 6.26 Å². The van der Waals surface area contributed by atoms with Gasteiger partial charge < -0.3 is 0 Å². The number of rotatable bonds is 6. The number of thiophene rings is 1. The fourth-order valence-corrected chi connectivity index (χ4v) is 10.7. The van der Waals surface area contributed by atoms with Crippen molar-refractivity contribution in [3.63, 3.8) is 0 Å². The Morgan fingerprint density at radius 3 is 1.54 bits per heavy atom. The van der Waals surface area contributed by atoms with E-state index in [0.717, 1.165) is 94.3 Å². The maximum atomic E-state index is 4.75. The maximum Gasteiger partial charge on any atom is 0.137 e. The normalized spacial score (nSPS) is 11.5. The molecule has 0 bridgehead atoms. The summed E-state index contributed by atoms with van der Waals surface area (Å²) in [5, 5.41) is 6.87. The summed E-state index contributed by atoms with van der Waals surface area (Å²) in [6.45, 7) is 0.